The van der Waals surface area contributed by atoms with Gasteiger partial charge in [-0.15, -0.1) is 0 Å². The average Bonchev–Trinajstić information content (AvgIpc) is 2.36. The van der Waals surface area contributed by atoms with Crippen LogP contribution in [0, 0.1) is 27.2 Å². The highest BCUT2D eigenvalue weighted by molar-refractivity contribution is 5.66. The summed E-state index contributed by atoms with van der Waals surface area (Å²) in [4.78, 5) is 22.1. The largest absolute Gasteiger partial charge is 0.397 e. The van der Waals surface area contributed by atoms with E-state index in [4.69, 9.17) is 5.11 Å². The molecule has 0 aromatic heterocycles. The van der Waals surface area contributed by atoms with E-state index in [1.54, 1.807) is 45.1 Å². The van der Waals surface area contributed by atoms with Crippen LogP contribution in [-0.4, -0.2) is 40.6 Å². The highest BCUT2D eigenvalue weighted by Crippen LogP contribution is 2.29. The van der Waals surface area contributed by atoms with Crippen LogP contribution < -0.4 is 0 Å². The molecule has 0 fully saturated rings. The van der Waals surface area contributed by atoms with Gasteiger partial charge in [0.2, 0.25) is 0 Å². The van der Waals surface area contributed by atoms with Gasteiger partial charge in [-0.2, -0.15) is 0 Å². The van der Waals surface area contributed by atoms with Gasteiger partial charge in [0.1, 0.15) is 0 Å². The van der Waals surface area contributed by atoms with Gasteiger partial charge in [0.25, 0.3) is 11.4 Å². The normalized spacial score (nSPS) is 9.95. The molecule has 0 amide bonds. The van der Waals surface area contributed by atoms with Crippen molar-refractivity contribution in [2.24, 2.45) is 0 Å². The predicted octanol–water partition coefficient (Wildman–Crippen LogP) is 2.34. The second kappa shape index (κ2) is 8.64. The SMILES string of the molecule is CCO.Cc1cc(/C=C/N(C)C)c([N+](=O)[O-])cc1[N+](=O)[O-]. The Kier molecular flexibility index (Phi) is 7.62. The molecule has 1 rings (SSSR count). The molecule has 0 saturated carbocycles. The third kappa shape index (κ3) is 6.00. The number of aryl methyl sites for hydroxylation is 1. The van der Waals surface area contributed by atoms with Crippen molar-refractivity contribution >= 4 is 17.5 Å². The Morgan fingerprint density at radius 2 is 1.67 bits per heavy atom. The molecule has 0 aliphatic carbocycles. The lowest BCUT2D eigenvalue weighted by atomic mass is 10.1. The first kappa shape index (κ1) is 18.5. The van der Waals surface area contributed by atoms with E-state index in [1.165, 1.54) is 6.07 Å². The first-order valence-electron chi connectivity index (χ1n) is 6.13. The molecule has 1 aromatic carbocycles. The van der Waals surface area contributed by atoms with Crippen molar-refractivity contribution in [3.05, 3.63) is 49.7 Å². The minimum atomic E-state index is -0.623. The van der Waals surface area contributed by atoms with E-state index in [1.807, 2.05) is 0 Å². The maximum absolute atomic E-state index is 10.9. The summed E-state index contributed by atoms with van der Waals surface area (Å²) in [6, 6.07) is 2.43. The summed E-state index contributed by atoms with van der Waals surface area (Å²) in [6.45, 7) is 3.48. The van der Waals surface area contributed by atoms with Crippen molar-refractivity contribution in [2.75, 3.05) is 20.7 Å². The minimum absolute atomic E-state index is 0.247. The second-order valence-corrected chi connectivity index (χ2v) is 4.31. The minimum Gasteiger partial charge on any atom is -0.397 e. The van der Waals surface area contributed by atoms with Gasteiger partial charge in [0, 0.05) is 26.3 Å². The number of hydrogen-bond donors (Lipinski definition) is 1. The van der Waals surface area contributed by atoms with Gasteiger partial charge in [-0.25, -0.2) is 0 Å². The highest BCUT2D eigenvalue weighted by atomic mass is 16.6. The molecular weight excluding hydrogens is 278 g/mol. The van der Waals surface area contributed by atoms with Crippen molar-refractivity contribution in [1.29, 1.82) is 0 Å². The summed E-state index contributed by atoms with van der Waals surface area (Å²) in [5.74, 6) is 0. The zero-order valence-electron chi connectivity index (χ0n) is 12.4. The Bertz CT molecular complexity index is 541. The zero-order chi connectivity index (χ0) is 16.6. The molecule has 1 aromatic rings. The molecule has 0 heterocycles. The van der Waals surface area contributed by atoms with Crippen molar-refractivity contribution < 1.29 is 15.0 Å². The van der Waals surface area contributed by atoms with Crippen LogP contribution in [0.1, 0.15) is 18.1 Å². The van der Waals surface area contributed by atoms with Crippen LogP contribution in [0.2, 0.25) is 0 Å². The molecule has 0 saturated heterocycles. The number of aliphatic hydroxyl groups excluding tert-OH is 1. The standard InChI is InChI=1S/C11H13N3O4.C2H6O/c1-8-6-9(4-5-12(2)3)11(14(17)18)7-10(8)13(15)16;1-2-3/h4-7H,1-3H3;3H,2H2,1H3/b5-4+;. The second-order valence-electron chi connectivity index (χ2n) is 4.31. The smallest absolute Gasteiger partial charge is 0.283 e. The Balaban J connectivity index is 0.00000122. The molecular formula is C13H19N3O5. The quantitative estimate of drug-likeness (QED) is 0.674. The molecule has 0 atom stereocenters. The Hall–Kier alpha value is -2.48. The Labute approximate surface area is 122 Å². The number of nitro benzene ring substituents is 2. The highest BCUT2D eigenvalue weighted by Gasteiger charge is 2.20. The van der Waals surface area contributed by atoms with Gasteiger partial charge in [-0.1, -0.05) is 0 Å². The lowest BCUT2D eigenvalue weighted by molar-refractivity contribution is -0.394. The van der Waals surface area contributed by atoms with Crippen LogP contribution in [-0.2, 0) is 0 Å². The monoisotopic (exact) mass is 297 g/mol. The number of nitrogens with zero attached hydrogens (tertiary/aromatic N) is 3. The summed E-state index contributed by atoms with van der Waals surface area (Å²) in [5, 5.41) is 29.2. The molecule has 0 radical (unpaired) electrons. The third-order valence-electron chi connectivity index (χ3n) is 2.29. The molecule has 0 spiro atoms. The molecule has 0 aliphatic rings. The van der Waals surface area contributed by atoms with Crippen molar-refractivity contribution in [2.45, 2.75) is 13.8 Å². The molecule has 21 heavy (non-hydrogen) atoms. The Morgan fingerprint density at radius 1 is 1.19 bits per heavy atom. The van der Waals surface area contributed by atoms with Crippen LogP contribution in [0.3, 0.4) is 0 Å². The maximum atomic E-state index is 10.9. The summed E-state index contributed by atoms with van der Waals surface area (Å²) in [7, 11) is 3.56. The molecule has 8 heteroatoms. The van der Waals surface area contributed by atoms with Crippen LogP contribution in [0.15, 0.2) is 18.3 Å². The van der Waals surface area contributed by atoms with Crippen LogP contribution in [0.5, 0.6) is 0 Å². The van der Waals surface area contributed by atoms with Crippen LogP contribution in [0.25, 0.3) is 6.08 Å². The Morgan fingerprint density at radius 3 is 2.05 bits per heavy atom. The van der Waals surface area contributed by atoms with E-state index in [0.29, 0.717) is 11.1 Å². The molecule has 0 aliphatic heterocycles. The van der Waals surface area contributed by atoms with E-state index < -0.39 is 9.85 Å². The molecule has 0 bridgehead atoms. The number of aliphatic hydroxyl groups is 1. The molecule has 116 valence electrons. The predicted molar refractivity (Wildman–Crippen MR) is 80.0 cm³/mol. The summed E-state index contributed by atoms with van der Waals surface area (Å²) in [6.07, 6.45) is 3.20. The fourth-order valence-electron chi connectivity index (χ4n) is 1.43. The van der Waals surface area contributed by atoms with E-state index >= 15 is 0 Å². The molecule has 0 unspecified atom stereocenters. The third-order valence-corrected chi connectivity index (χ3v) is 2.29. The van der Waals surface area contributed by atoms with Gasteiger partial charge >= 0.3 is 0 Å². The van der Waals surface area contributed by atoms with E-state index in [-0.39, 0.29) is 18.0 Å². The first-order chi connectivity index (χ1) is 9.74. The molecule has 1 N–H and O–H groups in total. The fraction of sp³-hybridized carbons (Fsp3) is 0.385. The summed E-state index contributed by atoms with van der Waals surface area (Å²) in [5.41, 5.74) is 0.218. The number of benzene rings is 1. The zero-order valence-corrected chi connectivity index (χ0v) is 12.4. The van der Waals surface area contributed by atoms with Crippen LogP contribution >= 0.6 is 0 Å². The average molecular weight is 297 g/mol. The maximum Gasteiger partial charge on any atom is 0.283 e. The fourth-order valence-corrected chi connectivity index (χ4v) is 1.43. The lowest BCUT2D eigenvalue weighted by Gasteiger charge is -2.05. The number of hydrogen-bond acceptors (Lipinski definition) is 6. The van der Waals surface area contributed by atoms with Crippen LogP contribution in [0.4, 0.5) is 11.4 Å². The van der Waals surface area contributed by atoms with E-state index in [9.17, 15) is 20.2 Å². The first-order valence-corrected chi connectivity index (χ1v) is 6.13. The van der Waals surface area contributed by atoms with Gasteiger partial charge in [0.05, 0.1) is 21.5 Å². The van der Waals surface area contributed by atoms with Gasteiger partial charge in [0.15, 0.2) is 0 Å². The summed E-state index contributed by atoms with van der Waals surface area (Å²) >= 11 is 0. The van der Waals surface area contributed by atoms with Crippen molar-refractivity contribution in [3.63, 3.8) is 0 Å². The van der Waals surface area contributed by atoms with Crippen molar-refractivity contribution in [3.8, 4) is 0 Å². The molecule has 8 nitrogen and oxygen atoms in total. The van der Waals surface area contributed by atoms with Gasteiger partial charge < -0.3 is 10.0 Å². The van der Waals surface area contributed by atoms with Gasteiger partial charge in [-0.05, 0) is 32.2 Å². The topological polar surface area (TPSA) is 110 Å². The number of rotatable bonds is 4. The van der Waals surface area contributed by atoms with Crippen molar-refractivity contribution in [1.82, 2.24) is 4.90 Å². The van der Waals surface area contributed by atoms with E-state index in [0.717, 1.165) is 6.07 Å². The lowest BCUT2D eigenvalue weighted by Crippen LogP contribution is -2.01. The van der Waals surface area contributed by atoms with E-state index in [2.05, 4.69) is 0 Å². The number of nitro groups is 2. The van der Waals surface area contributed by atoms with Gasteiger partial charge in [-0.3, -0.25) is 20.2 Å². The summed E-state index contributed by atoms with van der Waals surface area (Å²) < 4.78 is 0.